The molecule has 0 unspecified atom stereocenters. The summed E-state index contributed by atoms with van der Waals surface area (Å²) < 4.78 is 34.3. The number of nitrogens with zero attached hydrogens (tertiary/aromatic N) is 2. The Morgan fingerprint density at radius 3 is 2.86 bits per heavy atom. The summed E-state index contributed by atoms with van der Waals surface area (Å²) in [5, 5.41) is 2.73. The molecule has 2 fully saturated rings. The SMILES string of the molecule is CC[C@H]1C(=O)NCCN1S(=O)(=O)N1CCC[C@H]1c1ccco1. The second-order valence-electron chi connectivity index (χ2n) is 5.62. The van der Waals surface area contributed by atoms with Crippen LogP contribution in [0.3, 0.4) is 0 Å². The zero-order valence-electron chi connectivity index (χ0n) is 12.6. The third-order valence-electron chi connectivity index (χ3n) is 4.34. The van der Waals surface area contributed by atoms with Crippen molar-refractivity contribution in [2.45, 2.75) is 38.3 Å². The van der Waals surface area contributed by atoms with Crippen LogP contribution in [0.1, 0.15) is 38.0 Å². The summed E-state index contributed by atoms with van der Waals surface area (Å²) in [4.78, 5) is 12.0. The first-order valence-electron chi connectivity index (χ1n) is 7.65. The van der Waals surface area contributed by atoms with E-state index in [1.807, 2.05) is 6.92 Å². The van der Waals surface area contributed by atoms with Crippen molar-refractivity contribution >= 4 is 16.1 Å². The highest BCUT2D eigenvalue weighted by Crippen LogP contribution is 2.36. The van der Waals surface area contributed by atoms with Crippen molar-refractivity contribution < 1.29 is 17.6 Å². The molecule has 8 heteroatoms. The second-order valence-corrected chi connectivity index (χ2v) is 7.45. The molecule has 2 aliphatic rings. The van der Waals surface area contributed by atoms with Crippen molar-refractivity contribution in [3.8, 4) is 0 Å². The van der Waals surface area contributed by atoms with Crippen LogP contribution >= 0.6 is 0 Å². The number of amides is 1. The van der Waals surface area contributed by atoms with Gasteiger partial charge in [-0.05, 0) is 31.4 Å². The molecule has 1 amide bonds. The molecule has 0 spiro atoms. The van der Waals surface area contributed by atoms with Gasteiger partial charge >= 0.3 is 0 Å². The Balaban J connectivity index is 1.89. The lowest BCUT2D eigenvalue weighted by Gasteiger charge is -2.37. The van der Waals surface area contributed by atoms with Gasteiger partial charge in [0, 0.05) is 19.6 Å². The van der Waals surface area contributed by atoms with Crippen LogP contribution in [0, 0.1) is 0 Å². The fraction of sp³-hybridized carbons (Fsp3) is 0.643. The third-order valence-corrected chi connectivity index (χ3v) is 6.40. The molecular formula is C14H21N3O4S. The molecular weight excluding hydrogens is 306 g/mol. The fourth-order valence-electron chi connectivity index (χ4n) is 3.28. The largest absolute Gasteiger partial charge is 0.468 e. The van der Waals surface area contributed by atoms with Gasteiger partial charge in [-0.1, -0.05) is 6.92 Å². The van der Waals surface area contributed by atoms with Gasteiger partial charge in [0.1, 0.15) is 11.8 Å². The van der Waals surface area contributed by atoms with Crippen LogP contribution in [0.15, 0.2) is 22.8 Å². The monoisotopic (exact) mass is 327 g/mol. The van der Waals surface area contributed by atoms with Gasteiger partial charge in [0.2, 0.25) is 5.91 Å². The van der Waals surface area contributed by atoms with E-state index in [1.54, 1.807) is 18.4 Å². The number of rotatable bonds is 4. The summed E-state index contributed by atoms with van der Waals surface area (Å²) in [5.41, 5.74) is 0. The third kappa shape index (κ3) is 2.55. The fourth-order valence-corrected chi connectivity index (χ4v) is 5.32. The topological polar surface area (TPSA) is 82.9 Å². The maximum absolute atomic E-state index is 13.0. The minimum Gasteiger partial charge on any atom is -0.468 e. The van der Waals surface area contributed by atoms with Crippen LogP contribution in [0.25, 0.3) is 0 Å². The molecule has 122 valence electrons. The summed E-state index contributed by atoms with van der Waals surface area (Å²) in [7, 11) is -3.69. The van der Waals surface area contributed by atoms with E-state index in [9.17, 15) is 13.2 Å². The van der Waals surface area contributed by atoms with Crippen molar-refractivity contribution in [3.05, 3.63) is 24.2 Å². The molecule has 0 radical (unpaired) electrons. The average Bonchev–Trinajstić information content (AvgIpc) is 3.17. The Morgan fingerprint density at radius 1 is 1.36 bits per heavy atom. The van der Waals surface area contributed by atoms with Crippen LogP contribution in [0.4, 0.5) is 0 Å². The molecule has 1 N–H and O–H groups in total. The van der Waals surface area contributed by atoms with Crippen molar-refractivity contribution in [2.75, 3.05) is 19.6 Å². The lowest BCUT2D eigenvalue weighted by Crippen LogP contribution is -2.59. The first kappa shape index (κ1) is 15.5. The predicted octanol–water partition coefficient (Wildman–Crippen LogP) is 0.872. The minimum absolute atomic E-state index is 0.217. The minimum atomic E-state index is -3.69. The van der Waals surface area contributed by atoms with E-state index in [0.717, 1.165) is 12.8 Å². The van der Waals surface area contributed by atoms with Crippen molar-refractivity contribution in [1.29, 1.82) is 0 Å². The molecule has 7 nitrogen and oxygen atoms in total. The van der Waals surface area contributed by atoms with Gasteiger partial charge in [0.25, 0.3) is 10.2 Å². The quantitative estimate of drug-likeness (QED) is 0.889. The first-order valence-corrected chi connectivity index (χ1v) is 9.05. The van der Waals surface area contributed by atoms with E-state index in [-0.39, 0.29) is 11.9 Å². The van der Waals surface area contributed by atoms with E-state index in [1.165, 1.54) is 8.61 Å². The standard InChI is InChI=1S/C14H21N3O4S/c1-2-11-14(18)15-7-9-17(11)22(19,20)16-8-3-5-12(16)13-6-4-10-21-13/h4,6,10-12H,2-3,5,7-9H2,1H3,(H,15,18)/t11-,12-/m0/s1. The smallest absolute Gasteiger partial charge is 0.283 e. The predicted molar refractivity (Wildman–Crippen MR) is 80.1 cm³/mol. The molecule has 22 heavy (non-hydrogen) atoms. The van der Waals surface area contributed by atoms with Crippen molar-refractivity contribution in [1.82, 2.24) is 13.9 Å². The van der Waals surface area contributed by atoms with Crippen LogP contribution in [0.5, 0.6) is 0 Å². The Hall–Kier alpha value is -1.38. The Kier molecular flexibility index (Phi) is 4.24. The lowest BCUT2D eigenvalue weighted by atomic mass is 10.2. The Labute approximate surface area is 130 Å². The maximum atomic E-state index is 13.0. The molecule has 3 rings (SSSR count). The normalized spacial score (nSPS) is 28.0. The van der Waals surface area contributed by atoms with Gasteiger partial charge in [0.15, 0.2) is 0 Å². The van der Waals surface area contributed by atoms with Gasteiger partial charge < -0.3 is 9.73 Å². The van der Waals surface area contributed by atoms with Gasteiger partial charge in [-0.2, -0.15) is 17.0 Å². The van der Waals surface area contributed by atoms with Crippen molar-refractivity contribution in [3.63, 3.8) is 0 Å². The first-order chi connectivity index (χ1) is 10.6. The zero-order chi connectivity index (χ0) is 15.7. The highest BCUT2D eigenvalue weighted by molar-refractivity contribution is 7.86. The number of hydrogen-bond donors (Lipinski definition) is 1. The van der Waals surface area contributed by atoms with Crippen LogP contribution < -0.4 is 5.32 Å². The molecule has 2 aliphatic heterocycles. The molecule has 0 saturated carbocycles. The second kappa shape index (κ2) is 6.02. The Morgan fingerprint density at radius 2 is 2.18 bits per heavy atom. The van der Waals surface area contributed by atoms with E-state index >= 15 is 0 Å². The molecule has 0 aromatic carbocycles. The summed E-state index contributed by atoms with van der Waals surface area (Å²) in [5.74, 6) is 0.446. The molecule has 0 bridgehead atoms. The number of carbonyl (C=O) groups excluding carboxylic acids is 1. The number of furan rings is 1. The van der Waals surface area contributed by atoms with Gasteiger partial charge in [-0.15, -0.1) is 0 Å². The van der Waals surface area contributed by atoms with Crippen LogP contribution in [0.2, 0.25) is 0 Å². The van der Waals surface area contributed by atoms with E-state index in [0.29, 0.717) is 31.8 Å². The zero-order valence-corrected chi connectivity index (χ0v) is 13.4. The number of piperazine rings is 1. The molecule has 2 saturated heterocycles. The maximum Gasteiger partial charge on any atom is 0.283 e. The van der Waals surface area contributed by atoms with E-state index in [2.05, 4.69) is 5.32 Å². The molecule has 2 atom stereocenters. The van der Waals surface area contributed by atoms with E-state index in [4.69, 9.17) is 4.42 Å². The number of hydrogen-bond acceptors (Lipinski definition) is 4. The van der Waals surface area contributed by atoms with Gasteiger partial charge in [0.05, 0.1) is 12.3 Å². The highest BCUT2D eigenvalue weighted by atomic mass is 32.2. The molecule has 0 aliphatic carbocycles. The highest BCUT2D eigenvalue weighted by Gasteiger charge is 2.44. The molecule has 3 heterocycles. The van der Waals surface area contributed by atoms with Gasteiger partial charge in [-0.25, -0.2) is 0 Å². The summed E-state index contributed by atoms with van der Waals surface area (Å²) in [6, 6.07) is 2.67. The summed E-state index contributed by atoms with van der Waals surface area (Å²) in [6.45, 7) is 2.95. The van der Waals surface area contributed by atoms with Crippen molar-refractivity contribution in [2.24, 2.45) is 0 Å². The summed E-state index contributed by atoms with van der Waals surface area (Å²) >= 11 is 0. The lowest BCUT2D eigenvalue weighted by molar-refractivity contribution is -0.126. The van der Waals surface area contributed by atoms with Gasteiger partial charge in [-0.3, -0.25) is 4.79 Å². The van der Waals surface area contributed by atoms with Crippen LogP contribution in [-0.4, -0.2) is 48.6 Å². The molecule has 1 aromatic rings. The van der Waals surface area contributed by atoms with Crippen LogP contribution in [-0.2, 0) is 15.0 Å². The van der Waals surface area contributed by atoms with E-state index < -0.39 is 16.3 Å². The average molecular weight is 327 g/mol. The molecule has 1 aromatic heterocycles. The number of carbonyl (C=O) groups is 1. The Bertz CT molecular complexity index is 629. The summed E-state index contributed by atoms with van der Waals surface area (Å²) in [6.07, 6.45) is 3.55. The number of nitrogens with one attached hydrogen (secondary N) is 1.